The van der Waals surface area contributed by atoms with Gasteiger partial charge < -0.3 is 0 Å². The highest BCUT2D eigenvalue weighted by atomic mass is 32.2. The van der Waals surface area contributed by atoms with E-state index in [1.807, 2.05) is 59.4 Å². The highest BCUT2D eigenvalue weighted by molar-refractivity contribution is 7.92. The number of hydrogen-bond donors (Lipinski definition) is 0. The number of aromatic nitrogens is 3. The Bertz CT molecular complexity index is 1070. The van der Waals surface area contributed by atoms with Gasteiger partial charge in [-0.3, -0.25) is 9.67 Å². The number of rotatable bonds is 8. The molecule has 1 aromatic carbocycles. The van der Waals surface area contributed by atoms with Crippen LogP contribution in [-0.4, -0.2) is 40.1 Å². The number of nitrogens with zero attached hydrogens (tertiary/aromatic N) is 4. The summed E-state index contributed by atoms with van der Waals surface area (Å²) < 4.78 is 29.8. The third-order valence-corrected chi connectivity index (χ3v) is 7.07. The van der Waals surface area contributed by atoms with E-state index in [1.165, 1.54) is 5.41 Å². The quantitative estimate of drug-likeness (QED) is 0.546. The monoisotopic (exact) mass is 422 g/mol. The zero-order valence-electron chi connectivity index (χ0n) is 16.8. The van der Waals surface area contributed by atoms with E-state index < -0.39 is 10.0 Å². The van der Waals surface area contributed by atoms with Crippen molar-refractivity contribution in [2.75, 3.05) is 6.54 Å². The molecule has 0 amide bonds. The van der Waals surface area contributed by atoms with E-state index in [1.54, 1.807) is 22.8 Å². The van der Waals surface area contributed by atoms with Gasteiger partial charge in [0.25, 0.3) is 0 Å². The van der Waals surface area contributed by atoms with Gasteiger partial charge in [0.05, 0.1) is 12.2 Å². The molecular weight excluding hydrogens is 396 g/mol. The Kier molecular flexibility index (Phi) is 6.40. The van der Waals surface area contributed by atoms with E-state index in [0.29, 0.717) is 13.1 Å². The molecule has 2 heterocycles. The standard InChI is InChI=1S/C23H26N4O2S/c28-30(29,19-13-20-6-2-1-3-7-20)27(22-8-4-5-9-22)18-17-26-16-12-23(25-26)21-10-14-24-15-11-21/h1-3,6-7,10-16,19,22H,4-5,8-9,17-18H2/b19-13+. The molecule has 2 aromatic heterocycles. The Morgan fingerprint density at radius 2 is 1.77 bits per heavy atom. The molecule has 6 nitrogen and oxygen atoms in total. The van der Waals surface area contributed by atoms with Crippen molar-refractivity contribution >= 4 is 16.1 Å². The maximum atomic E-state index is 13.1. The van der Waals surface area contributed by atoms with Gasteiger partial charge in [0.2, 0.25) is 10.0 Å². The predicted molar refractivity (Wildman–Crippen MR) is 119 cm³/mol. The van der Waals surface area contributed by atoms with Crippen LogP contribution in [0.4, 0.5) is 0 Å². The van der Waals surface area contributed by atoms with Gasteiger partial charge in [-0.25, -0.2) is 8.42 Å². The summed E-state index contributed by atoms with van der Waals surface area (Å²) in [6.45, 7) is 0.920. The van der Waals surface area contributed by atoms with Gasteiger partial charge in [-0.2, -0.15) is 9.40 Å². The Labute approximate surface area is 177 Å². The zero-order valence-corrected chi connectivity index (χ0v) is 17.7. The number of pyridine rings is 1. The zero-order chi connectivity index (χ0) is 20.8. The normalized spacial score (nSPS) is 15.4. The fourth-order valence-corrected chi connectivity index (χ4v) is 5.33. The Morgan fingerprint density at radius 1 is 1.03 bits per heavy atom. The molecule has 0 spiro atoms. The highest BCUT2D eigenvalue weighted by Gasteiger charge is 2.30. The van der Waals surface area contributed by atoms with Gasteiger partial charge in [-0.1, -0.05) is 43.2 Å². The predicted octanol–water partition coefficient (Wildman–Crippen LogP) is 4.19. The van der Waals surface area contributed by atoms with Crippen molar-refractivity contribution < 1.29 is 8.42 Å². The van der Waals surface area contributed by atoms with Gasteiger partial charge in [0.1, 0.15) is 0 Å². The van der Waals surface area contributed by atoms with E-state index in [9.17, 15) is 8.42 Å². The number of benzene rings is 1. The van der Waals surface area contributed by atoms with Crippen LogP contribution in [0.5, 0.6) is 0 Å². The summed E-state index contributed by atoms with van der Waals surface area (Å²) in [5.41, 5.74) is 2.73. The molecule has 1 fully saturated rings. The molecular formula is C23H26N4O2S. The Balaban J connectivity index is 1.49. The molecule has 0 unspecified atom stereocenters. The molecule has 1 aliphatic carbocycles. The largest absolute Gasteiger partial charge is 0.271 e. The van der Waals surface area contributed by atoms with Crippen LogP contribution in [0, 0.1) is 0 Å². The van der Waals surface area contributed by atoms with Crippen LogP contribution < -0.4 is 0 Å². The van der Waals surface area contributed by atoms with E-state index in [0.717, 1.165) is 42.5 Å². The Hall–Kier alpha value is -2.77. The first-order valence-corrected chi connectivity index (χ1v) is 11.8. The van der Waals surface area contributed by atoms with Gasteiger partial charge in [0.15, 0.2) is 0 Å². The van der Waals surface area contributed by atoms with Gasteiger partial charge >= 0.3 is 0 Å². The van der Waals surface area contributed by atoms with Crippen molar-refractivity contribution in [1.29, 1.82) is 0 Å². The average molecular weight is 423 g/mol. The van der Waals surface area contributed by atoms with Crippen molar-refractivity contribution in [3.63, 3.8) is 0 Å². The first-order valence-electron chi connectivity index (χ1n) is 10.3. The van der Waals surface area contributed by atoms with E-state index >= 15 is 0 Å². The smallest absolute Gasteiger partial charge is 0.236 e. The SMILES string of the molecule is O=S(=O)(/C=C/c1ccccc1)N(CCn1ccc(-c2ccncc2)n1)C1CCCC1. The third kappa shape index (κ3) is 5.04. The molecule has 30 heavy (non-hydrogen) atoms. The molecule has 0 atom stereocenters. The summed E-state index contributed by atoms with van der Waals surface area (Å²) in [7, 11) is -3.52. The van der Waals surface area contributed by atoms with Gasteiger partial charge in [-0.05, 0) is 42.7 Å². The summed E-state index contributed by atoms with van der Waals surface area (Å²) in [6.07, 6.45) is 11.0. The molecule has 0 radical (unpaired) electrons. The number of hydrogen-bond acceptors (Lipinski definition) is 4. The van der Waals surface area contributed by atoms with Crippen molar-refractivity contribution in [3.8, 4) is 11.3 Å². The van der Waals surface area contributed by atoms with Crippen LogP contribution >= 0.6 is 0 Å². The second-order valence-electron chi connectivity index (χ2n) is 7.51. The molecule has 1 saturated carbocycles. The van der Waals surface area contributed by atoms with Crippen LogP contribution in [0.1, 0.15) is 31.2 Å². The van der Waals surface area contributed by atoms with Crippen LogP contribution in [0.25, 0.3) is 17.3 Å². The van der Waals surface area contributed by atoms with Crippen molar-refractivity contribution in [2.45, 2.75) is 38.3 Å². The first-order chi connectivity index (χ1) is 14.6. The van der Waals surface area contributed by atoms with E-state index in [4.69, 9.17) is 0 Å². The second-order valence-corrected chi connectivity index (χ2v) is 9.28. The lowest BCUT2D eigenvalue weighted by molar-refractivity contribution is 0.309. The molecule has 0 N–H and O–H groups in total. The molecule has 7 heteroatoms. The lowest BCUT2D eigenvalue weighted by Crippen LogP contribution is -2.39. The minimum Gasteiger partial charge on any atom is -0.271 e. The molecule has 4 rings (SSSR count). The van der Waals surface area contributed by atoms with Crippen molar-refractivity contribution in [1.82, 2.24) is 19.1 Å². The maximum absolute atomic E-state index is 13.1. The molecule has 0 aliphatic heterocycles. The van der Waals surface area contributed by atoms with E-state index in [-0.39, 0.29) is 6.04 Å². The summed E-state index contributed by atoms with van der Waals surface area (Å²) in [5.74, 6) is 0. The van der Waals surface area contributed by atoms with Gasteiger partial charge in [0, 0.05) is 42.1 Å². The van der Waals surface area contributed by atoms with Gasteiger partial charge in [-0.15, -0.1) is 0 Å². The van der Waals surface area contributed by atoms with Crippen LogP contribution in [0.15, 0.2) is 72.5 Å². The number of sulfonamides is 1. The minimum absolute atomic E-state index is 0.0608. The molecule has 0 saturated heterocycles. The van der Waals surface area contributed by atoms with Crippen molar-refractivity contribution in [3.05, 3.63) is 78.1 Å². The average Bonchev–Trinajstić information content (AvgIpc) is 3.46. The fraction of sp³-hybridized carbons (Fsp3) is 0.304. The maximum Gasteiger partial charge on any atom is 0.236 e. The molecule has 3 aromatic rings. The summed E-state index contributed by atoms with van der Waals surface area (Å²) in [6, 6.07) is 15.4. The Morgan fingerprint density at radius 3 is 2.50 bits per heavy atom. The second kappa shape index (κ2) is 9.36. The topological polar surface area (TPSA) is 68.1 Å². The molecule has 1 aliphatic rings. The van der Waals surface area contributed by atoms with Crippen LogP contribution in [-0.2, 0) is 16.6 Å². The highest BCUT2D eigenvalue weighted by Crippen LogP contribution is 2.26. The lowest BCUT2D eigenvalue weighted by atomic mass is 10.2. The fourth-order valence-electron chi connectivity index (χ4n) is 3.88. The summed E-state index contributed by atoms with van der Waals surface area (Å²) >= 11 is 0. The van der Waals surface area contributed by atoms with Crippen LogP contribution in [0.3, 0.4) is 0 Å². The lowest BCUT2D eigenvalue weighted by Gasteiger charge is -2.26. The summed E-state index contributed by atoms with van der Waals surface area (Å²) in [4.78, 5) is 4.03. The first kappa shape index (κ1) is 20.5. The third-order valence-electron chi connectivity index (χ3n) is 5.46. The van der Waals surface area contributed by atoms with Crippen LogP contribution in [0.2, 0.25) is 0 Å². The van der Waals surface area contributed by atoms with E-state index in [2.05, 4.69) is 10.1 Å². The molecule has 156 valence electrons. The van der Waals surface area contributed by atoms with Crippen molar-refractivity contribution in [2.24, 2.45) is 0 Å². The summed E-state index contributed by atoms with van der Waals surface area (Å²) in [5, 5.41) is 5.94. The molecule has 0 bridgehead atoms. The minimum atomic E-state index is -3.52.